The monoisotopic (exact) mass is 395 g/mol. The van der Waals surface area contributed by atoms with Crippen LogP contribution in [-0.4, -0.2) is 25.6 Å². The Balaban J connectivity index is 1.56. The Labute approximate surface area is 165 Å². The summed E-state index contributed by atoms with van der Waals surface area (Å²) >= 11 is 1.14. The average molecular weight is 395 g/mol. The quantitative estimate of drug-likeness (QED) is 0.525. The number of carbonyl (C=O) groups excluding carboxylic acids is 1. The van der Waals surface area contributed by atoms with Crippen LogP contribution in [0.2, 0.25) is 0 Å². The first-order chi connectivity index (χ1) is 13.5. The van der Waals surface area contributed by atoms with Crippen LogP contribution < -0.4 is 5.32 Å². The zero-order valence-electron chi connectivity index (χ0n) is 15.0. The number of benzene rings is 2. The molecule has 1 N–H and O–H groups in total. The van der Waals surface area contributed by atoms with Gasteiger partial charge in [-0.1, -0.05) is 24.3 Å². The van der Waals surface area contributed by atoms with Crippen molar-refractivity contribution in [3.63, 3.8) is 0 Å². The number of fused-ring (bicyclic) bond motifs is 1. The molecular weight excluding hydrogens is 378 g/mol. The van der Waals surface area contributed by atoms with E-state index < -0.39 is 4.92 Å². The minimum absolute atomic E-state index is 0.0737. The van der Waals surface area contributed by atoms with Crippen molar-refractivity contribution in [2.24, 2.45) is 7.05 Å². The van der Waals surface area contributed by atoms with Crippen LogP contribution in [0.5, 0.6) is 0 Å². The molecule has 9 heteroatoms. The molecule has 4 rings (SSSR count). The highest BCUT2D eigenvalue weighted by Gasteiger charge is 2.25. The summed E-state index contributed by atoms with van der Waals surface area (Å²) in [5, 5.41) is 22.8. The lowest BCUT2D eigenvalue weighted by molar-refractivity contribution is -0.387. The second kappa shape index (κ2) is 7.43. The molecule has 1 aromatic heterocycles. The zero-order chi connectivity index (χ0) is 19.7. The lowest BCUT2D eigenvalue weighted by atomic mass is 10.1. The minimum Gasteiger partial charge on any atom is -0.345 e. The highest BCUT2D eigenvalue weighted by atomic mass is 32.2. The number of aryl methyl sites for hydroxylation is 2. The Bertz CT molecular complexity index is 1070. The number of rotatable bonds is 5. The molecule has 0 saturated heterocycles. The van der Waals surface area contributed by atoms with Crippen molar-refractivity contribution < 1.29 is 9.72 Å². The zero-order valence-corrected chi connectivity index (χ0v) is 15.8. The van der Waals surface area contributed by atoms with E-state index in [0.29, 0.717) is 10.1 Å². The predicted octanol–water partition coefficient (Wildman–Crippen LogP) is 3.29. The maximum Gasteiger partial charge on any atom is 0.284 e. The number of aromatic nitrogens is 3. The molecule has 1 amide bonds. The number of nitrogens with zero attached hydrogens (tertiary/aromatic N) is 4. The van der Waals surface area contributed by atoms with E-state index in [0.717, 1.165) is 30.2 Å². The van der Waals surface area contributed by atoms with Gasteiger partial charge in [0.1, 0.15) is 6.33 Å². The van der Waals surface area contributed by atoms with Gasteiger partial charge in [0.15, 0.2) is 5.16 Å². The van der Waals surface area contributed by atoms with Gasteiger partial charge >= 0.3 is 0 Å². The Morgan fingerprint density at radius 3 is 2.89 bits per heavy atom. The van der Waals surface area contributed by atoms with Crippen LogP contribution in [0, 0.1) is 10.1 Å². The number of amides is 1. The van der Waals surface area contributed by atoms with Crippen LogP contribution in [0.3, 0.4) is 0 Å². The molecule has 0 fully saturated rings. The summed E-state index contributed by atoms with van der Waals surface area (Å²) < 4.78 is 1.67. The third-order valence-electron chi connectivity index (χ3n) is 4.73. The van der Waals surface area contributed by atoms with Gasteiger partial charge in [-0.2, -0.15) is 0 Å². The summed E-state index contributed by atoms with van der Waals surface area (Å²) in [6.45, 7) is 0. The van der Waals surface area contributed by atoms with Crippen LogP contribution in [-0.2, 0) is 13.5 Å². The number of nitrogens with one attached hydrogen (secondary N) is 1. The van der Waals surface area contributed by atoms with Gasteiger partial charge in [-0.3, -0.25) is 14.9 Å². The van der Waals surface area contributed by atoms with Gasteiger partial charge in [0, 0.05) is 18.7 Å². The third kappa shape index (κ3) is 3.48. The maximum atomic E-state index is 12.7. The molecule has 0 bridgehead atoms. The van der Waals surface area contributed by atoms with Crippen LogP contribution in [0.15, 0.2) is 58.8 Å². The molecule has 1 aliphatic carbocycles. The van der Waals surface area contributed by atoms with Crippen molar-refractivity contribution in [2.75, 3.05) is 0 Å². The largest absolute Gasteiger partial charge is 0.345 e. The second-order valence-corrected chi connectivity index (χ2v) is 7.54. The highest BCUT2D eigenvalue weighted by Crippen LogP contribution is 2.35. The fraction of sp³-hybridized carbons (Fsp3) is 0.211. The van der Waals surface area contributed by atoms with E-state index in [2.05, 4.69) is 21.6 Å². The van der Waals surface area contributed by atoms with Gasteiger partial charge in [-0.25, -0.2) is 0 Å². The van der Waals surface area contributed by atoms with Crippen LogP contribution in [0.4, 0.5) is 5.69 Å². The number of nitro benzene ring substituents is 1. The molecular formula is C19H17N5O3S. The average Bonchev–Trinajstić information content (AvgIpc) is 3.28. The molecule has 3 aromatic rings. The summed E-state index contributed by atoms with van der Waals surface area (Å²) in [4.78, 5) is 24.2. The highest BCUT2D eigenvalue weighted by molar-refractivity contribution is 7.99. The Hall–Kier alpha value is -3.20. The second-order valence-electron chi connectivity index (χ2n) is 6.53. The van der Waals surface area contributed by atoms with Crippen molar-refractivity contribution in [1.82, 2.24) is 20.1 Å². The van der Waals surface area contributed by atoms with Gasteiger partial charge in [0.2, 0.25) is 0 Å². The normalized spacial score (nSPS) is 15.2. The van der Waals surface area contributed by atoms with Gasteiger partial charge in [-0.05, 0) is 47.9 Å². The predicted molar refractivity (Wildman–Crippen MR) is 103 cm³/mol. The molecule has 1 heterocycles. The van der Waals surface area contributed by atoms with Gasteiger partial charge in [0.25, 0.3) is 11.6 Å². The fourth-order valence-corrected chi connectivity index (χ4v) is 4.15. The summed E-state index contributed by atoms with van der Waals surface area (Å²) in [6, 6.07) is 12.4. The first-order valence-electron chi connectivity index (χ1n) is 8.72. The number of hydrogen-bond donors (Lipinski definition) is 1. The number of nitro groups is 1. The van der Waals surface area contributed by atoms with Gasteiger partial charge in [0.05, 0.1) is 15.9 Å². The molecule has 28 heavy (non-hydrogen) atoms. The molecule has 0 aliphatic heterocycles. The number of carbonyl (C=O) groups is 1. The van der Waals surface area contributed by atoms with E-state index in [1.165, 1.54) is 18.0 Å². The molecule has 2 aromatic carbocycles. The van der Waals surface area contributed by atoms with E-state index in [1.54, 1.807) is 23.7 Å². The SMILES string of the molecule is Cn1cnnc1Sc1ccc(C(=O)NC2CCc3ccccc32)cc1[N+](=O)[O-]. The van der Waals surface area contributed by atoms with Crippen molar-refractivity contribution >= 4 is 23.4 Å². The third-order valence-corrected chi connectivity index (χ3v) is 5.84. The molecule has 8 nitrogen and oxygen atoms in total. The van der Waals surface area contributed by atoms with E-state index in [1.807, 2.05) is 18.2 Å². The smallest absolute Gasteiger partial charge is 0.284 e. The summed E-state index contributed by atoms with van der Waals surface area (Å²) in [5.41, 5.74) is 2.47. The Morgan fingerprint density at radius 2 is 2.14 bits per heavy atom. The van der Waals surface area contributed by atoms with Crippen molar-refractivity contribution in [2.45, 2.75) is 28.9 Å². The number of hydrogen-bond acceptors (Lipinski definition) is 6. The fourth-order valence-electron chi connectivity index (χ4n) is 3.30. The lowest BCUT2D eigenvalue weighted by Crippen LogP contribution is -2.27. The first-order valence-corrected chi connectivity index (χ1v) is 9.53. The molecule has 0 radical (unpaired) electrons. The van der Waals surface area contributed by atoms with E-state index >= 15 is 0 Å². The summed E-state index contributed by atoms with van der Waals surface area (Å²) in [5.74, 6) is -0.319. The lowest BCUT2D eigenvalue weighted by Gasteiger charge is -2.14. The van der Waals surface area contributed by atoms with Crippen LogP contribution >= 0.6 is 11.8 Å². The molecule has 1 aliphatic rings. The van der Waals surface area contributed by atoms with Crippen molar-refractivity contribution in [3.8, 4) is 0 Å². The summed E-state index contributed by atoms with van der Waals surface area (Å²) in [6.07, 6.45) is 3.26. The summed E-state index contributed by atoms with van der Waals surface area (Å²) in [7, 11) is 1.76. The molecule has 0 spiro atoms. The van der Waals surface area contributed by atoms with E-state index in [-0.39, 0.29) is 23.2 Å². The molecule has 142 valence electrons. The van der Waals surface area contributed by atoms with E-state index in [9.17, 15) is 14.9 Å². The van der Waals surface area contributed by atoms with Gasteiger partial charge < -0.3 is 9.88 Å². The topological polar surface area (TPSA) is 103 Å². The maximum absolute atomic E-state index is 12.7. The Morgan fingerprint density at radius 1 is 1.32 bits per heavy atom. The Kier molecular flexibility index (Phi) is 4.82. The molecule has 0 saturated carbocycles. The first kappa shape index (κ1) is 18.2. The molecule has 1 unspecified atom stereocenters. The molecule has 1 atom stereocenters. The van der Waals surface area contributed by atoms with Crippen molar-refractivity contribution in [3.05, 3.63) is 75.6 Å². The van der Waals surface area contributed by atoms with Crippen molar-refractivity contribution in [1.29, 1.82) is 0 Å². The van der Waals surface area contributed by atoms with Crippen LogP contribution in [0.1, 0.15) is 33.9 Å². The standard InChI is InChI=1S/C19H17N5O3S/c1-23-11-20-22-19(23)28-17-9-7-13(10-16(17)24(26)27)18(25)21-15-8-6-12-4-2-3-5-14(12)15/h2-5,7,9-11,15H,6,8H2,1H3,(H,21,25). The van der Waals surface area contributed by atoms with Crippen LogP contribution in [0.25, 0.3) is 0 Å². The minimum atomic E-state index is -0.486. The van der Waals surface area contributed by atoms with E-state index in [4.69, 9.17) is 0 Å². The van der Waals surface area contributed by atoms with Gasteiger partial charge in [-0.15, -0.1) is 10.2 Å².